The van der Waals surface area contributed by atoms with E-state index in [1.165, 1.54) is 12.3 Å². The maximum absolute atomic E-state index is 13.5. The van der Waals surface area contributed by atoms with Crippen molar-refractivity contribution in [2.75, 3.05) is 13.2 Å². The molecule has 180 valence electrons. The van der Waals surface area contributed by atoms with Gasteiger partial charge in [-0.1, -0.05) is 5.16 Å². The Bertz CT molecular complexity index is 1350. The molecular weight excluding hydrogens is 449 g/mol. The van der Waals surface area contributed by atoms with Crippen LogP contribution in [0.5, 0.6) is 5.88 Å². The molecule has 9 nitrogen and oxygen atoms in total. The fourth-order valence-corrected chi connectivity index (χ4v) is 4.81. The van der Waals surface area contributed by atoms with Gasteiger partial charge in [0.25, 0.3) is 5.72 Å². The van der Waals surface area contributed by atoms with Gasteiger partial charge in [0.15, 0.2) is 5.84 Å². The number of nitrogens with zero attached hydrogens (tertiary/aromatic N) is 7. The summed E-state index contributed by atoms with van der Waals surface area (Å²) in [4.78, 5) is 21.4. The molecule has 1 unspecified atom stereocenters. The van der Waals surface area contributed by atoms with E-state index in [2.05, 4.69) is 31.2 Å². The van der Waals surface area contributed by atoms with E-state index in [-0.39, 0.29) is 11.2 Å². The number of aryl methyl sites for hydroxylation is 1. The van der Waals surface area contributed by atoms with Gasteiger partial charge in [-0.05, 0) is 68.9 Å². The van der Waals surface area contributed by atoms with Gasteiger partial charge in [-0.25, -0.2) is 19.0 Å². The molecule has 1 aliphatic carbocycles. The summed E-state index contributed by atoms with van der Waals surface area (Å²) < 4.78 is 21.0. The minimum atomic E-state index is -0.892. The molecule has 0 amide bonds. The minimum Gasteiger partial charge on any atom is -0.476 e. The van der Waals surface area contributed by atoms with Crippen LogP contribution in [0.25, 0.3) is 11.8 Å². The number of rotatable bonds is 5. The Morgan fingerprint density at radius 1 is 1.20 bits per heavy atom. The highest BCUT2D eigenvalue weighted by atomic mass is 19.1. The summed E-state index contributed by atoms with van der Waals surface area (Å²) in [5, 5.41) is 8.86. The van der Waals surface area contributed by atoms with Crippen LogP contribution in [0, 0.1) is 18.2 Å². The van der Waals surface area contributed by atoms with E-state index >= 15 is 0 Å². The lowest BCUT2D eigenvalue weighted by atomic mass is 9.87. The van der Waals surface area contributed by atoms with Crippen LogP contribution in [-0.2, 0) is 10.6 Å². The van der Waals surface area contributed by atoms with Crippen LogP contribution >= 0.6 is 0 Å². The van der Waals surface area contributed by atoms with Crippen LogP contribution in [0.15, 0.2) is 47.5 Å². The standard InChI is InChI=1S/C25H26FN7O2/c1-4-34-23-20(33-15-28-16(2)30-33)7-6-19(29-23)11-17-12-25(9-10-25)14-32-22(17)31-35-24(32,3)21-8-5-18(26)13-27-21/h5-8,11,13,15H,4,9-10,12,14H2,1-3H3/b17-11+. The van der Waals surface area contributed by atoms with Crippen LogP contribution in [0.2, 0.25) is 0 Å². The summed E-state index contributed by atoms with van der Waals surface area (Å²) in [6.45, 7) is 7.00. The molecule has 0 bridgehead atoms. The second-order valence-corrected chi connectivity index (χ2v) is 9.51. The molecule has 5 heterocycles. The van der Waals surface area contributed by atoms with Gasteiger partial charge < -0.3 is 14.5 Å². The number of halogens is 1. The summed E-state index contributed by atoms with van der Waals surface area (Å²) in [7, 11) is 0. The highest BCUT2D eigenvalue weighted by Crippen LogP contribution is 2.57. The monoisotopic (exact) mass is 475 g/mol. The summed E-state index contributed by atoms with van der Waals surface area (Å²) >= 11 is 0. The van der Waals surface area contributed by atoms with E-state index in [1.807, 2.05) is 32.9 Å². The smallest absolute Gasteiger partial charge is 0.251 e. The first-order valence-corrected chi connectivity index (χ1v) is 11.8. The molecule has 0 radical (unpaired) electrons. The molecule has 3 aromatic heterocycles. The molecule has 2 aliphatic heterocycles. The van der Waals surface area contributed by atoms with Gasteiger partial charge in [-0.2, -0.15) is 5.10 Å². The van der Waals surface area contributed by atoms with E-state index in [1.54, 1.807) is 17.1 Å². The molecular formula is C25H26FN7O2. The van der Waals surface area contributed by atoms with Crippen molar-refractivity contribution in [2.45, 2.75) is 45.8 Å². The van der Waals surface area contributed by atoms with Gasteiger partial charge in [-0.3, -0.25) is 4.98 Å². The number of ether oxygens (including phenoxy) is 1. The van der Waals surface area contributed by atoms with E-state index < -0.39 is 5.72 Å². The molecule has 1 saturated carbocycles. The number of amidine groups is 1. The number of pyridine rings is 2. The molecule has 1 saturated heterocycles. The lowest BCUT2D eigenvalue weighted by Crippen LogP contribution is -2.50. The Balaban J connectivity index is 1.36. The summed E-state index contributed by atoms with van der Waals surface area (Å²) in [6, 6.07) is 6.94. The zero-order valence-electron chi connectivity index (χ0n) is 19.9. The number of hydrogen-bond donors (Lipinski definition) is 0. The van der Waals surface area contributed by atoms with Crippen molar-refractivity contribution in [3.05, 3.63) is 65.4 Å². The highest BCUT2D eigenvalue weighted by Gasteiger charge is 2.56. The van der Waals surface area contributed by atoms with Gasteiger partial charge in [0.05, 0.1) is 18.5 Å². The van der Waals surface area contributed by atoms with Gasteiger partial charge in [0, 0.05) is 19.0 Å². The zero-order valence-corrected chi connectivity index (χ0v) is 19.9. The van der Waals surface area contributed by atoms with Gasteiger partial charge in [0.2, 0.25) is 5.88 Å². The predicted molar refractivity (Wildman–Crippen MR) is 126 cm³/mol. The Hall–Kier alpha value is -3.82. The summed E-state index contributed by atoms with van der Waals surface area (Å²) in [5.41, 5.74) is 2.46. The number of piperidine rings is 1. The molecule has 6 rings (SSSR count). The van der Waals surface area contributed by atoms with Crippen molar-refractivity contribution in [3.63, 3.8) is 0 Å². The number of oxime groups is 1. The van der Waals surface area contributed by atoms with Crippen LogP contribution in [0.1, 0.15) is 50.3 Å². The molecule has 1 spiro atoms. The Labute approximate surface area is 202 Å². The average molecular weight is 476 g/mol. The molecule has 3 aliphatic rings. The Kier molecular flexibility index (Phi) is 4.87. The lowest BCUT2D eigenvalue weighted by Gasteiger charge is -2.40. The second kappa shape index (κ2) is 7.86. The number of hydrogen-bond acceptors (Lipinski definition) is 8. The zero-order chi connectivity index (χ0) is 24.2. The summed E-state index contributed by atoms with van der Waals surface area (Å²) in [5.74, 6) is 1.56. The molecule has 3 aromatic rings. The van der Waals surface area contributed by atoms with Crippen molar-refractivity contribution < 1.29 is 14.0 Å². The first-order valence-electron chi connectivity index (χ1n) is 11.8. The SMILES string of the molecule is CCOc1nc(/C=C2\CC3(CC3)CN3C2=NOC3(C)c2ccc(F)cn2)ccc1-n1cnc(C)n1. The minimum absolute atomic E-state index is 0.181. The average Bonchev–Trinajstić information content (AvgIpc) is 3.28. The maximum Gasteiger partial charge on any atom is 0.251 e. The van der Waals surface area contributed by atoms with E-state index in [9.17, 15) is 4.39 Å². The predicted octanol–water partition coefficient (Wildman–Crippen LogP) is 3.99. The normalized spacial score (nSPS) is 23.3. The number of fused-ring (bicyclic) bond motifs is 1. The molecule has 0 aromatic carbocycles. The summed E-state index contributed by atoms with van der Waals surface area (Å²) in [6.07, 6.45) is 8.10. The highest BCUT2D eigenvalue weighted by molar-refractivity contribution is 6.03. The third-order valence-electron chi connectivity index (χ3n) is 6.90. The van der Waals surface area contributed by atoms with Gasteiger partial charge in [0.1, 0.15) is 29.4 Å². The second-order valence-electron chi connectivity index (χ2n) is 9.51. The third kappa shape index (κ3) is 3.73. The van der Waals surface area contributed by atoms with Crippen LogP contribution in [0.4, 0.5) is 4.39 Å². The molecule has 35 heavy (non-hydrogen) atoms. The topological polar surface area (TPSA) is 90.6 Å². The van der Waals surface area contributed by atoms with Crippen LogP contribution < -0.4 is 4.74 Å². The van der Waals surface area contributed by atoms with E-state index in [0.717, 1.165) is 48.6 Å². The van der Waals surface area contributed by atoms with Gasteiger partial charge in [-0.15, -0.1) is 0 Å². The molecule has 10 heteroatoms. The van der Waals surface area contributed by atoms with Crippen LogP contribution in [-0.4, -0.2) is 48.6 Å². The number of aromatic nitrogens is 5. The van der Waals surface area contributed by atoms with Crippen molar-refractivity contribution >= 4 is 11.9 Å². The molecule has 1 atom stereocenters. The van der Waals surface area contributed by atoms with E-state index in [0.29, 0.717) is 24.0 Å². The molecule has 0 N–H and O–H groups in total. The van der Waals surface area contributed by atoms with Crippen LogP contribution in [0.3, 0.4) is 0 Å². The maximum atomic E-state index is 13.5. The fourth-order valence-electron chi connectivity index (χ4n) is 4.81. The first-order chi connectivity index (χ1) is 16.9. The van der Waals surface area contributed by atoms with Crippen molar-refractivity contribution in [1.29, 1.82) is 0 Å². The lowest BCUT2D eigenvalue weighted by molar-refractivity contribution is -0.0999. The quantitative estimate of drug-likeness (QED) is 0.551. The van der Waals surface area contributed by atoms with Crippen molar-refractivity contribution in [3.8, 4) is 11.6 Å². The van der Waals surface area contributed by atoms with Crippen molar-refractivity contribution in [1.82, 2.24) is 29.6 Å². The molecule has 2 fully saturated rings. The fraction of sp³-hybridized carbons (Fsp3) is 0.400. The van der Waals surface area contributed by atoms with E-state index in [4.69, 9.17) is 14.6 Å². The largest absolute Gasteiger partial charge is 0.476 e. The third-order valence-corrected chi connectivity index (χ3v) is 6.90. The Morgan fingerprint density at radius 3 is 2.74 bits per heavy atom. The van der Waals surface area contributed by atoms with Crippen molar-refractivity contribution in [2.24, 2.45) is 10.6 Å². The van der Waals surface area contributed by atoms with Gasteiger partial charge >= 0.3 is 0 Å². The Morgan fingerprint density at radius 2 is 2.06 bits per heavy atom. The first kappa shape index (κ1) is 21.7.